The van der Waals surface area contributed by atoms with Crippen LogP contribution in [0.3, 0.4) is 0 Å². The molecule has 9 atom stereocenters. The molecule has 3 N–H and O–H groups in total. The average molecular weight is 507 g/mol. The Morgan fingerprint density at radius 1 is 1.14 bits per heavy atom. The Morgan fingerprint density at radius 2 is 1.92 bits per heavy atom. The molecular formula is C28H42O8. The van der Waals surface area contributed by atoms with Gasteiger partial charge in [-0.15, -0.1) is 0 Å². The summed E-state index contributed by atoms with van der Waals surface area (Å²) in [5, 5.41) is 33.5. The van der Waals surface area contributed by atoms with Crippen molar-refractivity contribution >= 4 is 11.6 Å². The second kappa shape index (κ2) is 9.86. The SMILES string of the molecule is C[C@]12CC(=O)C(=O)C=C1CC[C@@H]1[C@@H]2C(O)C[C@@]2(C)[C@H]1CC(OCCOC1CCCCO1)[C@]2(O)CCO. The number of aliphatic hydroxyl groups is 3. The third kappa shape index (κ3) is 4.12. The van der Waals surface area contributed by atoms with Crippen molar-refractivity contribution in [3.63, 3.8) is 0 Å². The summed E-state index contributed by atoms with van der Waals surface area (Å²) in [6.07, 6.45) is 5.96. The van der Waals surface area contributed by atoms with E-state index in [4.69, 9.17) is 14.2 Å². The Hall–Kier alpha value is -1.16. The Balaban J connectivity index is 1.35. The summed E-state index contributed by atoms with van der Waals surface area (Å²) >= 11 is 0. The highest BCUT2D eigenvalue weighted by Crippen LogP contribution is 2.68. The molecule has 0 aromatic carbocycles. The second-order valence-electron chi connectivity index (χ2n) is 12.2. The van der Waals surface area contributed by atoms with Crippen LogP contribution < -0.4 is 0 Å². The lowest BCUT2D eigenvalue weighted by Gasteiger charge is -2.60. The molecule has 1 saturated heterocycles. The van der Waals surface area contributed by atoms with Gasteiger partial charge in [0.15, 0.2) is 6.29 Å². The van der Waals surface area contributed by atoms with Crippen molar-refractivity contribution in [3.05, 3.63) is 11.6 Å². The van der Waals surface area contributed by atoms with Crippen molar-refractivity contribution < 1.29 is 39.1 Å². The minimum atomic E-state index is -1.28. The minimum Gasteiger partial charge on any atom is -0.396 e. The number of ketones is 2. The highest BCUT2D eigenvalue weighted by atomic mass is 16.7. The number of ether oxygens (including phenoxy) is 3. The molecule has 0 amide bonds. The van der Waals surface area contributed by atoms with Gasteiger partial charge in [-0.25, -0.2) is 0 Å². The summed E-state index contributed by atoms with van der Waals surface area (Å²) in [5.74, 6) is -0.803. The lowest BCUT2D eigenvalue weighted by molar-refractivity contribution is -0.204. The van der Waals surface area contributed by atoms with Gasteiger partial charge in [-0.1, -0.05) is 19.4 Å². The zero-order valence-corrected chi connectivity index (χ0v) is 21.6. The van der Waals surface area contributed by atoms with Gasteiger partial charge in [0, 0.05) is 36.9 Å². The van der Waals surface area contributed by atoms with E-state index in [-0.39, 0.29) is 49.3 Å². The average Bonchev–Trinajstić information content (AvgIpc) is 3.05. The van der Waals surface area contributed by atoms with Crippen molar-refractivity contribution in [3.8, 4) is 0 Å². The smallest absolute Gasteiger partial charge is 0.221 e. The van der Waals surface area contributed by atoms with Gasteiger partial charge >= 0.3 is 0 Å². The van der Waals surface area contributed by atoms with Crippen LogP contribution in [0.1, 0.15) is 71.6 Å². The van der Waals surface area contributed by atoms with E-state index in [9.17, 15) is 24.9 Å². The molecule has 8 nitrogen and oxygen atoms in total. The maximum atomic E-state index is 12.4. The number of rotatable bonds is 7. The molecule has 0 aromatic rings. The van der Waals surface area contributed by atoms with Crippen LogP contribution in [0.5, 0.6) is 0 Å². The molecule has 4 fully saturated rings. The number of Topliss-reactive ketones (excluding diaryl/α,β-unsaturated/α-hetero) is 1. The van der Waals surface area contributed by atoms with E-state index in [1.165, 1.54) is 6.08 Å². The van der Waals surface area contributed by atoms with E-state index < -0.39 is 34.4 Å². The molecule has 3 saturated carbocycles. The van der Waals surface area contributed by atoms with Gasteiger partial charge in [0.1, 0.15) is 0 Å². The zero-order chi connectivity index (χ0) is 25.7. The maximum absolute atomic E-state index is 12.4. The van der Waals surface area contributed by atoms with E-state index >= 15 is 0 Å². The summed E-state index contributed by atoms with van der Waals surface area (Å²) in [6, 6.07) is 0. The summed E-state index contributed by atoms with van der Waals surface area (Å²) in [5.41, 5.74) is -1.49. The number of hydrogen-bond donors (Lipinski definition) is 3. The fourth-order valence-electron chi connectivity index (χ4n) is 8.71. The molecule has 8 heteroatoms. The number of fused-ring (bicyclic) bond motifs is 5. The molecule has 0 bridgehead atoms. The van der Waals surface area contributed by atoms with Gasteiger partial charge < -0.3 is 29.5 Å². The van der Waals surface area contributed by atoms with Crippen LogP contribution in [-0.2, 0) is 23.8 Å². The molecule has 4 aliphatic carbocycles. The lowest BCUT2D eigenvalue weighted by atomic mass is 9.45. The predicted molar refractivity (Wildman–Crippen MR) is 130 cm³/mol. The number of allylic oxidation sites excluding steroid dienone is 1. The molecule has 0 radical (unpaired) electrons. The summed E-state index contributed by atoms with van der Waals surface area (Å²) in [7, 11) is 0. The van der Waals surface area contributed by atoms with Crippen LogP contribution in [0.4, 0.5) is 0 Å². The van der Waals surface area contributed by atoms with Gasteiger partial charge in [-0.2, -0.15) is 0 Å². The maximum Gasteiger partial charge on any atom is 0.221 e. The quantitative estimate of drug-likeness (QED) is 0.355. The molecular weight excluding hydrogens is 464 g/mol. The van der Waals surface area contributed by atoms with E-state index in [0.717, 1.165) is 37.7 Å². The molecule has 1 aliphatic heterocycles. The first-order valence-electron chi connectivity index (χ1n) is 13.8. The van der Waals surface area contributed by atoms with E-state index in [0.29, 0.717) is 32.7 Å². The van der Waals surface area contributed by atoms with Crippen LogP contribution in [0, 0.1) is 28.6 Å². The molecule has 3 unspecified atom stereocenters. The van der Waals surface area contributed by atoms with Gasteiger partial charge in [0.05, 0.1) is 31.0 Å². The Kier molecular flexibility index (Phi) is 7.24. The fraction of sp³-hybridized carbons (Fsp3) is 0.857. The Morgan fingerprint density at radius 3 is 2.64 bits per heavy atom. The number of hydrogen-bond acceptors (Lipinski definition) is 8. The number of carbonyl (C=O) groups excluding carboxylic acids is 2. The largest absolute Gasteiger partial charge is 0.396 e. The highest BCUT2D eigenvalue weighted by Gasteiger charge is 2.69. The normalized spacial score (nSPS) is 46.6. The van der Waals surface area contributed by atoms with Crippen LogP contribution in [0.25, 0.3) is 0 Å². The standard InChI is InChI=1S/C28H42O8/c1-26-15-21(31)20(30)13-17(26)6-7-18-19-14-23(34-11-12-36-24-5-3-4-10-35-24)28(33,8-9-29)27(19,2)16-22(32)25(18)26/h13,18-19,22-25,29,32-33H,3-12,14-16H2,1-2H3/t18-,19-,22?,23?,24?,25+,26-,27-,28+/m0/s1. The molecule has 36 heavy (non-hydrogen) atoms. The lowest BCUT2D eigenvalue weighted by Crippen LogP contribution is -2.61. The zero-order valence-electron chi connectivity index (χ0n) is 21.6. The molecule has 202 valence electrons. The highest BCUT2D eigenvalue weighted by molar-refractivity contribution is 6.42. The molecule has 5 aliphatic rings. The van der Waals surface area contributed by atoms with Gasteiger partial charge in [-0.05, 0) is 68.8 Å². The van der Waals surface area contributed by atoms with Gasteiger partial charge in [0.25, 0.3) is 0 Å². The second-order valence-corrected chi connectivity index (χ2v) is 12.2. The van der Waals surface area contributed by atoms with Crippen LogP contribution in [-0.4, -0.2) is 77.4 Å². The monoisotopic (exact) mass is 506 g/mol. The third-order valence-electron chi connectivity index (χ3n) is 10.5. The summed E-state index contributed by atoms with van der Waals surface area (Å²) in [4.78, 5) is 24.6. The first kappa shape index (κ1) is 26.4. The van der Waals surface area contributed by atoms with Crippen LogP contribution in [0.15, 0.2) is 11.6 Å². The fourth-order valence-corrected chi connectivity index (χ4v) is 8.71. The van der Waals surface area contributed by atoms with Crippen molar-refractivity contribution in [1.29, 1.82) is 0 Å². The van der Waals surface area contributed by atoms with Gasteiger partial charge in [0.2, 0.25) is 11.6 Å². The summed E-state index contributed by atoms with van der Waals surface area (Å²) < 4.78 is 17.7. The molecule has 1 heterocycles. The Labute approximate surface area is 213 Å². The molecule has 5 rings (SSSR count). The minimum absolute atomic E-state index is 0.0705. The number of aliphatic hydroxyl groups excluding tert-OH is 2. The van der Waals surface area contributed by atoms with Crippen molar-refractivity contribution in [2.75, 3.05) is 26.4 Å². The first-order valence-corrected chi connectivity index (χ1v) is 13.8. The van der Waals surface area contributed by atoms with Gasteiger partial charge in [-0.3, -0.25) is 9.59 Å². The number of carbonyl (C=O) groups is 2. The molecule has 0 aromatic heterocycles. The predicted octanol–water partition coefficient (Wildman–Crippen LogP) is 2.32. The van der Waals surface area contributed by atoms with Crippen molar-refractivity contribution in [1.82, 2.24) is 0 Å². The van der Waals surface area contributed by atoms with E-state index in [1.807, 2.05) is 13.8 Å². The Bertz CT molecular complexity index is 896. The van der Waals surface area contributed by atoms with Crippen LogP contribution in [0.2, 0.25) is 0 Å². The first-order chi connectivity index (χ1) is 17.1. The molecule has 0 spiro atoms. The topological polar surface area (TPSA) is 123 Å². The van der Waals surface area contributed by atoms with E-state index in [2.05, 4.69) is 0 Å². The summed E-state index contributed by atoms with van der Waals surface area (Å²) in [6.45, 7) is 5.29. The van der Waals surface area contributed by atoms with Crippen molar-refractivity contribution in [2.45, 2.75) is 95.7 Å². The third-order valence-corrected chi connectivity index (χ3v) is 10.5. The van der Waals surface area contributed by atoms with Crippen molar-refractivity contribution in [2.24, 2.45) is 28.6 Å². The van der Waals surface area contributed by atoms with Crippen LogP contribution >= 0.6 is 0 Å². The van der Waals surface area contributed by atoms with E-state index in [1.54, 1.807) is 0 Å².